The molecule has 156 valence electrons. The molecule has 1 aliphatic rings. The number of amides is 1. The van der Waals surface area contributed by atoms with E-state index >= 15 is 0 Å². The average molecular weight is 422 g/mol. The summed E-state index contributed by atoms with van der Waals surface area (Å²) in [5.41, 5.74) is 6.57. The van der Waals surface area contributed by atoms with Gasteiger partial charge >= 0.3 is 0 Å². The van der Waals surface area contributed by atoms with Crippen LogP contribution in [0.4, 0.5) is 4.39 Å². The number of hydrogen-bond donors (Lipinski definition) is 4. The first kappa shape index (κ1) is 22.8. The molecule has 8 heteroatoms. The molecular formula is C21H25ClFN3O3. The highest BCUT2D eigenvalue weighted by atomic mass is 35.5. The van der Waals surface area contributed by atoms with Gasteiger partial charge in [-0.3, -0.25) is 9.59 Å². The number of hydrogen-bond acceptors (Lipinski definition) is 5. The largest absolute Gasteiger partial charge is 0.507 e. The van der Waals surface area contributed by atoms with Crippen LogP contribution in [0.5, 0.6) is 5.75 Å². The molecule has 0 radical (unpaired) electrons. The van der Waals surface area contributed by atoms with Gasteiger partial charge in [-0.15, -0.1) is 12.4 Å². The zero-order chi connectivity index (χ0) is 20.3. The first-order valence-electron chi connectivity index (χ1n) is 9.28. The second kappa shape index (κ2) is 9.82. The molecular weight excluding hydrogens is 397 g/mol. The Morgan fingerprint density at radius 1 is 1.17 bits per heavy atom. The van der Waals surface area contributed by atoms with Gasteiger partial charge in [-0.05, 0) is 50.1 Å². The molecule has 2 aromatic carbocycles. The van der Waals surface area contributed by atoms with Crippen LogP contribution in [0.25, 0.3) is 0 Å². The number of nitrogens with two attached hydrogens (primary N) is 1. The molecule has 1 aliphatic heterocycles. The number of phenolic OH excluding ortho intramolecular Hbond substituents is 1. The summed E-state index contributed by atoms with van der Waals surface area (Å²) in [6.07, 6.45) is 1.72. The minimum atomic E-state index is -0.747. The smallest absolute Gasteiger partial charge is 0.251 e. The first-order chi connectivity index (χ1) is 13.4. The Morgan fingerprint density at radius 3 is 2.52 bits per heavy atom. The van der Waals surface area contributed by atoms with Crippen LogP contribution in [0, 0.1) is 12.7 Å². The van der Waals surface area contributed by atoms with Gasteiger partial charge < -0.3 is 21.5 Å². The van der Waals surface area contributed by atoms with Crippen molar-refractivity contribution in [3.63, 3.8) is 0 Å². The molecule has 6 nitrogen and oxygen atoms in total. The highest BCUT2D eigenvalue weighted by molar-refractivity contribution is 6.11. The van der Waals surface area contributed by atoms with E-state index in [1.165, 1.54) is 43.3 Å². The van der Waals surface area contributed by atoms with Crippen molar-refractivity contribution < 1.29 is 19.1 Å². The van der Waals surface area contributed by atoms with Crippen LogP contribution in [0.3, 0.4) is 0 Å². The highest BCUT2D eigenvalue weighted by Gasteiger charge is 2.23. The molecule has 0 saturated carbocycles. The lowest BCUT2D eigenvalue weighted by molar-refractivity contribution is 0.0928. The number of carbonyl (C=O) groups excluding carboxylic acids is 2. The summed E-state index contributed by atoms with van der Waals surface area (Å²) in [6.45, 7) is 3.04. The van der Waals surface area contributed by atoms with E-state index in [0.717, 1.165) is 19.4 Å². The molecule has 2 aromatic rings. The summed E-state index contributed by atoms with van der Waals surface area (Å²) in [5.74, 6) is -2.07. The van der Waals surface area contributed by atoms with Gasteiger partial charge in [-0.25, -0.2) is 4.39 Å². The SMILES string of the molecule is Cc1ccc(O)c(C(=O)c2ccc(C(=O)N[C@@H]3CCCNC[C@H]3N)cc2)c1F.Cl. The maximum absolute atomic E-state index is 14.3. The van der Waals surface area contributed by atoms with Crippen molar-refractivity contribution in [3.8, 4) is 5.75 Å². The van der Waals surface area contributed by atoms with Gasteiger partial charge in [0.25, 0.3) is 5.91 Å². The predicted octanol–water partition coefficient (Wildman–Crippen LogP) is 2.30. The van der Waals surface area contributed by atoms with E-state index in [9.17, 15) is 19.1 Å². The van der Waals surface area contributed by atoms with E-state index in [2.05, 4.69) is 10.6 Å². The molecule has 1 saturated heterocycles. The molecule has 0 spiro atoms. The third kappa shape index (κ3) is 5.12. The topological polar surface area (TPSA) is 104 Å². The summed E-state index contributed by atoms with van der Waals surface area (Å²) >= 11 is 0. The standard InChI is InChI=1S/C21H24FN3O3.ClH/c1-12-4-9-17(26)18(19(12)22)20(27)13-5-7-14(8-6-13)21(28)25-16-3-2-10-24-11-15(16)23;/h4-9,15-16,24,26H,2-3,10-11,23H2,1H3,(H,25,28);1H/t15-,16-;/m1./s1. The summed E-state index contributed by atoms with van der Waals surface area (Å²) < 4.78 is 14.3. The van der Waals surface area contributed by atoms with Crippen LogP contribution in [0.15, 0.2) is 36.4 Å². The minimum Gasteiger partial charge on any atom is -0.507 e. The number of aromatic hydroxyl groups is 1. The number of ketones is 1. The van der Waals surface area contributed by atoms with Gasteiger partial charge in [0.2, 0.25) is 0 Å². The van der Waals surface area contributed by atoms with Crippen molar-refractivity contribution in [3.05, 3.63) is 64.5 Å². The fourth-order valence-electron chi connectivity index (χ4n) is 3.31. The Bertz CT molecular complexity index is 889. The Morgan fingerprint density at radius 2 is 1.83 bits per heavy atom. The maximum Gasteiger partial charge on any atom is 0.251 e. The highest BCUT2D eigenvalue weighted by Crippen LogP contribution is 2.26. The van der Waals surface area contributed by atoms with E-state index in [1.54, 1.807) is 0 Å². The maximum atomic E-state index is 14.3. The van der Waals surface area contributed by atoms with Crippen molar-refractivity contribution in [2.45, 2.75) is 31.8 Å². The third-order valence-corrected chi connectivity index (χ3v) is 5.03. The van der Waals surface area contributed by atoms with Crippen LogP contribution >= 0.6 is 12.4 Å². The average Bonchev–Trinajstić information content (AvgIpc) is 2.89. The second-order valence-corrected chi connectivity index (χ2v) is 7.09. The number of halogens is 2. The van der Waals surface area contributed by atoms with Gasteiger partial charge in [-0.1, -0.05) is 18.2 Å². The molecule has 3 rings (SSSR count). The zero-order valence-corrected chi connectivity index (χ0v) is 16.9. The van der Waals surface area contributed by atoms with Crippen LogP contribution in [-0.4, -0.2) is 42.0 Å². The van der Waals surface area contributed by atoms with Gasteiger partial charge in [0.05, 0.1) is 0 Å². The van der Waals surface area contributed by atoms with Gasteiger partial charge in [-0.2, -0.15) is 0 Å². The van der Waals surface area contributed by atoms with Crippen LogP contribution in [0.2, 0.25) is 0 Å². The zero-order valence-electron chi connectivity index (χ0n) is 16.1. The van der Waals surface area contributed by atoms with E-state index in [1.807, 2.05) is 0 Å². The molecule has 0 bridgehead atoms. The van der Waals surface area contributed by atoms with Gasteiger partial charge in [0, 0.05) is 29.8 Å². The number of rotatable bonds is 4. The third-order valence-electron chi connectivity index (χ3n) is 5.03. The monoisotopic (exact) mass is 421 g/mol. The number of nitrogens with one attached hydrogen (secondary N) is 2. The number of aryl methyl sites for hydroxylation is 1. The van der Waals surface area contributed by atoms with Crippen molar-refractivity contribution in [2.24, 2.45) is 5.73 Å². The molecule has 1 heterocycles. The van der Waals surface area contributed by atoms with Gasteiger partial charge in [0.1, 0.15) is 17.1 Å². The van der Waals surface area contributed by atoms with Crippen molar-refractivity contribution in [2.75, 3.05) is 13.1 Å². The van der Waals surface area contributed by atoms with Crippen LogP contribution in [0.1, 0.15) is 44.7 Å². The Hall–Kier alpha value is -2.48. The van der Waals surface area contributed by atoms with E-state index < -0.39 is 17.3 Å². The summed E-state index contributed by atoms with van der Waals surface area (Å²) in [6, 6.07) is 8.32. The summed E-state index contributed by atoms with van der Waals surface area (Å²) in [7, 11) is 0. The van der Waals surface area contributed by atoms with Crippen molar-refractivity contribution in [1.82, 2.24) is 10.6 Å². The molecule has 29 heavy (non-hydrogen) atoms. The number of benzene rings is 2. The van der Waals surface area contributed by atoms with Crippen LogP contribution in [-0.2, 0) is 0 Å². The number of carbonyl (C=O) groups is 2. The normalized spacial score (nSPS) is 19.0. The van der Waals surface area contributed by atoms with E-state index in [4.69, 9.17) is 5.73 Å². The Kier molecular flexibility index (Phi) is 7.73. The van der Waals surface area contributed by atoms with E-state index in [0.29, 0.717) is 12.1 Å². The quantitative estimate of drug-likeness (QED) is 0.567. The molecule has 0 aliphatic carbocycles. The predicted molar refractivity (Wildman–Crippen MR) is 111 cm³/mol. The van der Waals surface area contributed by atoms with Crippen LogP contribution < -0.4 is 16.4 Å². The molecule has 0 aromatic heterocycles. The molecule has 1 amide bonds. The lowest BCUT2D eigenvalue weighted by Crippen LogP contribution is -2.50. The molecule has 2 atom stereocenters. The molecule has 5 N–H and O–H groups in total. The van der Waals surface area contributed by atoms with Crippen molar-refractivity contribution >= 4 is 24.1 Å². The summed E-state index contributed by atoms with van der Waals surface area (Å²) in [5, 5.41) is 16.0. The fraction of sp³-hybridized carbons (Fsp3) is 0.333. The minimum absolute atomic E-state index is 0. The van der Waals surface area contributed by atoms with Crippen molar-refractivity contribution in [1.29, 1.82) is 0 Å². The van der Waals surface area contributed by atoms with Gasteiger partial charge in [0.15, 0.2) is 5.78 Å². The number of phenols is 1. The first-order valence-corrected chi connectivity index (χ1v) is 9.28. The lowest BCUT2D eigenvalue weighted by Gasteiger charge is -2.22. The Labute approximate surface area is 175 Å². The molecule has 1 fully saturated rings. The lowest BCUT2D eigenvalue weighted by atomic mass is 9.98. The fourth-order valence-corrected chi connectivity index (χ4v) is 3.31. The Balaban J connectivity index is 0.00000300. The van der Waals surface area contributed by atoms with E-state index in [-0.39, 0.29) is 47.1 Å². The second-order valence-electron chi connectivity index (χ2n) is 7.09. The summed E-state index contributed by atoms with van der Waals surface area (Å²) in [4.78, 5) is 25.1. The molecule has 0 unspecified atom stereocenters.